The molecule has 0 aliphatic carbocycles. The van der Waals surface area contributed by atoms with Crippen LogP contribution in [0.5, 0.6) is 5.75 Å². The number of nitrogens with zero attached hydrogens (tertiary/aromatic N) is 1. The Kier molecular flexibility index (Phi) is 2.64. The monoisotopic (exact) mass is 241 g/mol. The van der Waals surface area contributed by atoms with E-state index in [0.717, 1.165) is 17.8 Å². The second-order valence-corrected chi connectivity index (χ2v) is 4.53. The maximum Gasteiger partial charge on any atom is 0.140 e. The SMILES string of the molecule is Cc1cnc(C2NCc3ccccc3N2)c(O)c1. The number of rotatable bonds is 1. The zero-order chi connectivity index (χ0) is 12.5. The smallest absolute Gasteiger partial charge is 0.140 e. The van der Waals surface area contributed by atoms with Gasteiger partial charge in [0.1, 0.15) is 17.6 Å². The summed E-state index contributed by atoms with van der Waals surface area (Å²) in [5.74, 6) is 0.222. The molecule has 3 rings (SSSR count). The Balaban J connectivity index is 1.92. The van der Waals surface area contributed by atoms with Crippen LogP contribution >= 0.6 is 0 Å². The van der Waals surface area contributed by atoms with Crippen molar-refractivity contribution >= 4 is 5.69 Å². The first-order valence-electron chi connectivity index (χ1n) is 5.97. The number of nitrogens with one attached hydrogen (secondary N) is 2. The molecule has 0 saturated carbocycles. The summed E-state index contributed by atoms with van der Waals surface area (Å²) in [7, 11) is 0. The molecule has 18 heavy (non-hydrogen) atoms. The molecule has 3 N–H and O–H groups in total. The molecular weight excluding hydrogens is 226 g/mol. The number of hydrogen-bond donors (Lipinski definition) is 3. The second-order valence-electron chi connectivity index (χ2n) is 4.53. The third-order valence-electron chi connectivity index (χ3n) is 3.12. The Hall–Kier alpha value is -2.07. The lowest BCUT2D eigenvalue weighted by Gasteiger charge is -2.28. The first kappa shape index (κ1) is 11.0. The van der Waals surface area contributed by atoms with Crippen LogP contribution in [0.3, 0.4) is 0 Å². The van der Waals surface area contributed by atoms with Crippen molar-refractivity contribution in [2.24, 2.45) is 0 Å². The second kappa shape index (κ2) is 4.31. The summed E-state index contributed by atoms with van der Waals surface area (Å²) >= 11 is 0. The number of aromatic hydroxyl groups is 1. The lowest BCUT2D eigenvalue weighted by molar-refractivity contribution is 0.444. The number of pyridine rings is 1. The van der Waals surface area contributed by atoms with Crippen molar-refractivity contribution in [1.82, 2.24) is 10.3 Å². The van der Waals surface area contributed by atoms with E-state index in [1.54, 1.807) is 12.3 Å². The van der Waals surface area contributed by atoms with Gasteiger partial charge < -0.3 is 10.4 Å². The summed E-state index contributed by atoms with van der Waals surface area (Å²) < 4.78 is 0. The van der Waals surface area contributed by atoms with E-state index in [1.165, 1.54) is 5.56 Å². The normalized spacial score (nSPS) is 17.9. The predicted octanol–water partition coefficient (Wildman–Crippen LogP) is 2.31. The van der Waals surface area contributed by atoms with Crippen LogP contribution in [0.25, 0.3) is 0 Å². The molecule has 4 nitrogen and oxygen atoms in total. The van der Waals surface area contributed by atoms with Crippen molar-refractivity contribution in [3.63, 3.8) is 0 Å². The summed E-state index contributed by atoms with van der Waals surface area (Å²) in [6.07, 6.45) is 1.61. The number of aryl methyl sites for hydroxylation is 1. The van der Waals surface area contributed by atoms with Gasteiger partial charge in [-0.05, 0) is 30.2 Å². The van der Waals surface area contributed by atoms with E-state index in [-0.39, 0.29) is 11.9 Å². The highest BCUT2D eigenvalue weighted by Gasteiger charge is 2.21. The molecule has 1 atom stereocenters. The van der Waals surface area contributed by atoms with Crippen LogP contribution in [0.4, 0.5) is 5.69 Å². The minimum Gasteiger partial charge on any atom is -0.506 e. The van der Waals surface area contributed by atoms with Gasteiger partial charge in [-0.1, -0.05) is 18.2 Å². The number of hydrogen-bond acceptors (Lipinski definition) is 4. The average molecular weight is 241 g/mol. The van der Waals surface area contributed by atoms with Crippen LogP contribution in [-0.4, -0.2) is 10.1 Å². The summed E-state index contributed by atoms with van der Waals surface area (Å²) in [4.78, 5) is 4.30. The molecule has 0 amide bonds. The number of para-hydroxylation sites is 1. The molecule has 1 aromatic heterocycles. The van der Waals surface area contributed by atoms with Crippen molar-refractivity contribution < 1.29 is 5.11 Å². The first-order chi connectivity index (χ1) is 8.74. The molecule has 0 radical (unpaired) electrons. The van der Waals surface area contributed by atoms with E-state index in [9.17, 15) is 5.11 Å². The van der Waals surface area contributed by atoms with E-state index >= 15 is 0 Å². The van der Waals surface area contributed by atoms with Crippen LogP contribution in [0.15, 0.2) is 36.5 Å². The molecule has 0 bridgehead atoms. The van der Waals surface area contributed by atoms with Gasteiger partial charge in [0.15, 0.2) is 0 Å². The molecular formula is C14H15N3O. The van der Waals surface area contributed by atoms with E-state index in [0.29, 0.717) is 5.69 Å². The summed E-state index contributed by atoms with van der Waals surface area (Å²) in [5, 5.41) is 16.6. The van der Waals surface area contributed by atoms with Crippen molar-refractivity contribution in [1.29, 1.82) is 0 Å². The van der Waals surface area contributed by atoms with Gasteiger partial charge in [0.2, 0.25) is 0 Å². The van der Waals surface area contributed by atoms with Gasteiger partial charge in [-0.15, -0.1) is 0 Å². The number of aromatic nitrogens is 1. The van der Waals surface area contributed by atoms with Gasteiger partial charge >= 0.3 is 0 Å². The predicted molar refractivity (Wildman–Crippen MR) is 70.3 cm³/mol. The van der Waals surface area contributed by atoms with Gasteiger partial charge in [0.25, 0.3) is 0 Å². The largest absolute Gasteiger partial charge is 0.506 e. The topological polar surface area (TPSA) is 57.2 Å². The third-order valence-corrected chi connectivity index (χ3v) is 3.12. The molecule has 0 saturated heterocycles. The van der Waals surface area contributed by atoms with Gasteiger partial charge in [-0.25, -0.2) is 0 Å². The summed E-state index contributed by atoms with van der Waals surface area (Å²) in [5.41, 5.74) is 3.89. The standard InChI is InChI=1S/C14H15N3O/c1-9-6-12(18)13(15-7-9)14-16-8-10-4-2-3-5-11(10)17-14/h2-7,14,16-18H,8H2,1H3. The number of benzene rings is 1. The number of fused-ring (bicyclic) bond motifs is 1. The van der Waals surface area contributed by atoms with Crippen LogP contribution in [-0.2, 0) is 6.54 Å². The maximum atomic E-state index is 9.95. The molecule has 1 unspecified atom stereocenters. The van der Waals surface area contributed by atoms with Crippen LogP contribution < -0.4 is 10.6 Å². The van der Waals surface area contributed by atoms with Crippen molar-refractivity contribution in [3.8, 4) is 5.75 Å². The molecule has 2 heterocycles. The van der Waals surface area contributed by atoms with Gasteiger partial charge in [0.05, 0.1) is 0 Å². The Morgan fingerprint density at radius 1 is 1.33 bits per heavy atom. The number of anilines is 1. The van der Waals surface area contributed by atoms with Crippen LogP contribution in [0.1, 0.15) is 23.0 Å². The van der Waals surface area contributed by atoms with Gasteiger partial charge in [-0.2, -0.15) is 0 Å². The average Bonchev–Trinajstić information content (AvgIpc) is 2.38. The van der Waals surface area contributed by atoms with Gasteiger partial charge in [-0.3, -0.25) is 10.3 Å². The van der Waals surface area contributed by atoms with E-state index in [4.69, 9.17) is 0 Å². The zero-order valence-electron chi connectivity index (χ0n) is 10.1. The van der Waals surface area contributed by atoms with Crippen molar-refractivity contribution in [3.05, 3.63) is 53.3 Å². The Labute approximate surface area is 106 Å². The minimum atomic E-state index is -0.152. The van der Waals surface area contributed by atoms with Crippen molar-refractivity contribution in [2.75, 3.05) is 5.32 Å². The Morgan fingerprint density at radius 3 is 3.00 bits per heavy atom. The van der Waals surface area contributed by atoms with Crippen molar-refractivity contribution in [2.45, 2.75) is 19.6 Å². The van der Waals surface area contributed by atoms with E-state index in [1.807, 2.05) is 25.1 Å². The lowest BCUT2D eigenvalue weighted by Crippen LogP contribution is -2.33. The molecule has 1 aliphatic rings. The molecule has 1 aromatic carbocycles. The summed E-state index contributed by atoms with van der Waals surface area (Å²) in [6, 6.07) is 9.86. The Morgan fingerprint density at radius 2 is 2.17 bits per heavy atom. The van der Waals surface area contributed by atoms with E-state index < -0.39 is 0 Å². The fourth-order valence-corrected chi connectivity index (χ4v) is 2.19. The van der Waals surface area contributed by atoms with E-state index in [2.05, 4.69) is 21.7 Å². The van der Waals surface area contributed by atoms with Crippen LogP contribution in [0.2, 0.25) is 0 Å². The molecule has 2 aromatic rings. The lowest BCUT2D eigenvalue weighted by atomic mass is 10.1. The molecule has 4 heteroatoms. The Bertz CT molecular complexity index is 583. The maximum absolute atomic E-state index is 9.95. The highest BCUT2D eigenvalue weighted by molar-refractivity contribution is 5.54. The molecule has 92 valence electrons. The quantitative estimate of drug-likeness (QED) is 0.717. The zero-order valence-corrected chi connectivity index (χ0v) is 10.1. The van der Waals surface area contributed by atoms with Gasteiger partial charge in [0, 0.05) is 18.4 Å². The van der Waals surface area contributed by atoms with Crippen LogP contribution in [0, 0.1) is 6.92 Å². The highest BCUT2D eigenvalue weighted by atomic mass is 16.3. The summed E-state index contributed by atoms with van der Waals surface area (Å²) in [6.45, 7) is 2.68. The highest BCUT2D eigenvalue weighted by Crippen LogP contribution is 2.29. The fraction of sp³-hybridized carbons (Fsp3) is 0.214. The first-order valence-corrected chi connectivity index (χ1v) is 5.97. The fourth-order valence-electron chi connectivity index (χ4n) is 2.19. The molecule has 1 aliphatic heterocycles. The third kappa shape index (κ3) is 1.91. The molecule has 0 spiro atoms. The minimum absolute atomic E-state index is 0.152. The molecule has 0 fully saturated rings.